The number of phenols is 1. The van der Waals surface area contributed by atoms with Gasteiger partial charge < -0.3 is 14.4 Å². The van der Waals surface area contributed by atoms with Gasteiger partial charge in [-0.15, -0.1) is 0 Å². The van der Waals surface area contributed by atoms with E-state index in [2.05, 4.69) is 38.6 Å². The van der Waals surface area contributed by atoms with Crippen molar-refractivity contribution in [3.8, 4) is 22.6 Å². The molecule has 0 bridgehead atoms. The fraction of sp³-hybridized carbons (Fsp3) is 0.100. The van der Waals surface area contributed by atoms with Gasteiger partial charge in [0.05, 0.1) is 20.0 Å². The molecule has 4 aromatic rings. The minimum atomic E-state index is 0.249. The van der Waals surface area contributed by atoms with Crippen LogP contribution in [0.15, 0.2) is 61.1 Å². The molecule has 130 valence electrons. The molecule has 2 heterocycles. The van der Waals surface area contributed by atoms with Crippen molar-refractivity contribution in [2.24, 2.45) is 0 Å². The smallest absolute Gasteiger partial charge is 0.160 e. The molecular weight excluding hydrogens is 441 g/mol. The van der Waals surface area contributed by atoms with Crippen LogP contribution >= 0.6 is 22.6 Å². The molecule has 5 nitrogen and oxygen atoms in total. The van der Waals surface area contributed by atoms with Crippen molar-refractivity contribution in [2.45, 2.75) is 6.54 Å². The molecule has 0 fully saturated rings. The number of fused-ring (bicyclic) bond motifs is 1. The Bertz CT molecular complexity index is 1070. The van der Waals surface area contributed by atoms with Gasteiger partial charge in [-0.2, -0.15) is 0 Å². The average Bonchev–Trinajstić information content (AvgIpc) is 3.04. The number of pyridine rings is 1. The summed E-state index contributed by atoms with van der Waals surface area (Å²) in [6.45, 7) is 0.663. The first-order valence-electron chi connectivity index (χ1n) is 8.07. The van der Waals surface area contributed by atoms with E-state index in [1.54, 1.807) is 19.2 Å². The highest BCUT2D eigenvalue weighted by molar-refractivity contribution is 14.1. The van der Waals surface area contributed by atoms with Crippen LogP contribution in [0.4, 0.5) is 0 Å². The van der Waals surface area contributed by atoms with E-state index in [0.29, 0.717) is 6.54 Å². The zero-order chi connectivity index (χ0) is 18.1. The van der Waals surface area contributed by atoms with Gasteiger partial charge in [0.25, 0.3) is 0 Å². The number of methoxy groups -OCH3 is 1. The predicted molar refractivity (Wildman–Crippen MR) is 109 cm³/mol. The van der Waals surface area contributed by atoms with Gasteiger partial charge in [-0.1, -0.05) is 24.3 Å². The lowest BCUT2D eigenvalue weighted by Gasteiger charge is -2.12. The minimum absolute atomic E-state index is 0.249. The van der Waals surface area contributed by atoms with E-state index in [1.807, 2.05) is 47.4 Å². The molecule has 0 aliphatic rings. The standard InChI is InChI=1S/C20H16IN3O2/c1-26-19-8-13(2-7-17(19)14-3-5-16(25)6-4-14)11-24-12-23-18-9-15(21)10-22-20(18)24/h2-10,12,25H,11H2,1H3. The Morgan fingerprint density at radius 1 is 1.08 bits per heavy atom. The summed E-state index contributed by atoms with van der Waals surface area (Å²) < 4.78 is 8.69. The van der Waals surface area contributed by atoms with Crippen molar-refractivity contribution in [1.82, 2.24) is 14.5 Å². The van der Waals surface area contributed by atoms with Gasteiger partial charge in [0.1, 0.15) is 17.0 Å². The van der Waals surface area contributed by atoms with Gasteiger partial charge in [0.2, 0.25) is 0 Å². The second-order valence-corrected chi connectivity index (χ2v) is 7.20. The van der Waals surface area contributed by atoms with E-state index in [-0.39, 0.29) is 5.75 Å². The summed E-state index contributed by atoms with van der Waals surface area (Å²) in [6, 6.07) is 15.3. The van der Waals surface area contributed by atoms with Crippen molar-refractivity contribution in [1.29, 1.82) is 0 Å². The van der Waals surface area contributed by atoms with Crippen molar-refractivity contribution >= 4 is 33.8 Å². The Balaban J connectivity index is 1.68. The fourth-order valence-electron chi connectivity index (χ4n) is 2.95. The molecule has 2 aromatic heterocycles. The lowest BCUT2D eigenvalue weighted by atomic mass is 10.0. The summed E-state index contributed by atoms with van der Waals surface area (Å²) in [4.78, 5) is 8.92. The number of benzene rings is 2. The van der Waals surface area contributed by atoms with E-state index in [1.165, 1.54) is 0 Å². The number of rotatable bonds is 4. The predicted octanol–water partition coefficient (Wildman–Crippen LogP) is 4.47. The largest absolute Gasteiger partial charge is 0.508 e. The van der Waals surface area contributed by atoms with Gasteiger partial charge in [0.15, 0.2) is 5.65 Å². The van der Waals surface area contributed by atoms with Crippen LogP contribution in [0.2, 0.25) is 0 Å². The molecule has 6 heteroatoms. The quantitative estimate of drug-likeness (QED) is 0.460. The number of aromatic hydroxyl groups is 1. The van der Waals surface area contributed by atoms with E-state index in [4.69, 9.17) is 4.74 Å². The van der Waals surface area contributed by atoms with Gasteiger partial charge >= 0.3 is 0 Å². The molecule has 0 aliphatic carbocycles. The summed E-state index contributed by atoms with van der Waals surface area (Å²) in [7, 11) is 1.67. The van der Waals surface area contributed by atoms with Crippen LogP contribution in [-0.2, 0) is 6.54 Å². The topological polar surface area (TPSA) is 60.2 Å². The molecule has 0 amide bonds. The van der Waals surface area contributed by atoms with Crippen molar-refractivity contribution < 1.29 is 9.84 Å². The molecule has 0 aliphatic heterocycles. The Morgan fingerprint density at radius 3 is 2.65 bits per heavy atom. The van der Waals surface area contributed by atoms with E-state index in [9.17, 15) is 5.11 Å². The zero-order valence-corrected chi connectivity index (χ0v) is 16.2. The van der Waals surface area contributed by atoms with E-state index < -0.39 is 0 Å². The van der Waals surface area contributed by atoms with Gasteiger partial charge in [-0.3, -0.25) is 0 Å². The molecule has 0 unspecified atom stereocenters. The number of imidazole rings is 1. The third kappa shape index (κ3) is 3.24. The average molecular weight is 457 g/mol. The molecule has 4 rings (SSSR count). The number of halogens is 1. The summed E-state index contributed by atoms with van der Waals surface area (Å²) in [5.41, 5.74) is 4.84. The Morgan fingerprint density at radius 2 is 1.88 bits per heavy atom. The molecular formula is C20H16IN3O2. The number of aromatic nitrogens is 3. The van der Waals surface area contributed by atoms with Crippen molar-refractivity contribution in [2.75, 3.05) is 7.11 Å². The summed E-state index contributed by atoms with van der Waals surface area (Å²) >= 11 is 2.24. The van der Waals surface area contributed by atoms with Crippen LogP contribution in [-0.4, -0.2) is 26.8 Å². The SMILES string of the molecule is COc1cc(Cn2cnc3cc(I)cnc32)ccc1-c1ccc(O)cc1. The Labute approximate surface area is 164 Å². The summed E-state index contributed by atoms with van der Waals surface area (Å²) in [5.74, 6) is 1.04. The second-order valence-electron chi connectivity index (χ2n) is 5.95. The lowest BCUT2D eigenvalue weighted by Crippen LogP contribution is -2.00. The normalized spacial score (nSPS) is 11.0. The highest BCUT2D eigenvalue weighted by Gasteiger charge is 2.10. The van der Waals surface area contributed by atoms with Crippen LogP contribution in [0.3, 0.4) is 0 Å². The van der Waals surface area contributed by atoms with E-state index >= 15 is 0 Å². The molecule has 1 N–H and O–H groups in total. The molecule has 0 atom stereocenters. The first-order chi connectivity index (χ1) is 12.6. The van der Waals surface area contributed by atoms with E-state index in [0.717, 1.165) is 37.2 Å². The number of hydrogen-bond donors (Lipinski definition) is 1. The van der Waals surface area contributed by atoms with Crippen LogP contribution in [0.25, 0.3) is 22.3 Å². The number of hydrogen-bond acceptors (Lipinski definition) is 4. The maximum atomic E-state index is 9.48. The monoisotopic (exact) mass is 457 g/mol. The Kier molecular flexibility index (Phi) is 4.50. The Hall–Kier alpha value is -2.61. The first kappa shape index (κ1) is 16.8. The molecule has 0 radical (unpaired) electrons. The first-order valence-corrected chi connectivity index (χ1v) is 9.14. The zero-order valence-electron chi connectivity index (χ0n) is 14.1. The van der Waals surface area contributed by atoms with Crippen LogP contribution in [0.5, 0.6) is 11.5 Å². The summed E-state index contributed by atoms with van der Waals surface area (Å²) in [6.07, 6.45) is 3.66. The molecule has 26 heavy (non-hydrogen) atoms. The van der Waals surface area contributed by atoms with Crippen LogP contribution in [0, 0.1) is 3.57 Å². The highest BCUT2D eigenvalue weighted by Crippen LogP contribution is 2.32. The molecule has 0 spiro atoms. The van der Waals surface area contributed by atoms with Crippen LogP contribution < -0.4 is 4.74 Å². The third-order valence-corrected chi connectivity index (χ3v) is 4.81. The van der Waals surface area contributed by atoms with Crippen molar-refractivity contribution in [3.63, 3.8) is 0 Å². The molecule has 0 saturated heterocycles. The molecule has 0 saturated carbocycles. The van der Waals surface area contributed by atoms with Gasteiger partial charge in [-0.25, -0.2) is 9.97 Å². The lowest BCUT2D eigenvalue weighted by molar-refractivity contribution is 0.416. The van der Waals surface area contributed by atoms with Crippen molar-refractivity contribution in [3.05, 3.63) is 70.2 Å². The minimum Gasteiger partial charge on any atom is -0.508 e. The van der Waals surface area contributed by atoms with Gasteiger partial charge in [0, 0.05) is 15.3 Å². The summed E-state index contributed by atoms with van der Waals surface area (Å²) in [5, 5.41) is 9.48. The number of phenolic OH excluding ortho intramolecular Hbond substituents is 1. The van der Waals surface area contributed by atoms with Crippen LogP contribution in [0.1, 0.15) is 5.56 Å². The molecule has 2 aromatic carbocycles. The number of ether oxygens (including phenoxy) is 1. The maximum Gasteiger partial charge on any atom is 0.160 e. The highest BCUT2D eigenvalue weighted by atomic mass is 127. The fourth-order valence-corrected chi connectivity index (χ4v) is 3.38. The second kappa shape index (κ2) is 6.95. The maximum absolute atomic E-state index is 9.48. The van der Waals surface area contributed by atoms with Gasteiger partial charge in [-0.05, 0) is 58.0 Å². The third-order valence-electron chi connectivity index (χ3n) is 4.22. The number of nitrogens with zero attached hydrogens (tertiary/aromatic N) is 3.